The molecule has 1 rings (SSSR count). The smallest absolute Gasteiger partial charge is 0.409 e. The molecule has 104 valence electrons. The topological polar surface area (TPSA) is 49.9 Å². The molecule has 0 aromatic heterocycles. The highest BCUT2D eigenvalue weighted by Crippen LogP contribution is 2.22. The molecule has 0 bridgehead atoms. The first-order valence-electron chi connectivity index (χ1n) is 5.38. The number of halogens is 2. The summed E-state index contributed by atoms with van der Waals surface area (Å²) in [7, 11) is 3.74. The zero-order valence-electron chi connectivity index (χ0n) is 10.8. The molecule has 0 spiro atoms. The van der Waals surface area contributed by atoms with Gasteiger partial charge < -0.3 is 14.5 Å². The van der Waals surface area contributed by atoms with Gasteiger partial charge in [-0.15, -0.1) is 0 Å². The maximum absolute atomic E-state index is 13.5. The lowest BCUT2D eigenvalue weighted by Gasteiger charge is -2.22. The summed E-state index contributed by atoms with van der Waals surface area (Å²) in [5.41, 5.74) is -0.453. The lowest BCUT2D eigenvalue weighted by molar-refractivity contribution is -0.119. The van der Waals surface area contributed by atoms with Gasteiger partial charge in [0.25, 0.3) is 0 Å². The molecule has 0 aliphatic carbocycles. The number of methoxy groups -OCH3 is 1. The van der Waals surface area contributed by atoms with E-state index in [0.717, 1.165) is 21.9 Å². The van der Waals surface area contributed by atoms with Crippen LogP contribution >= 0.6 is 0 Å². The number of benzene rings is 1. The summed E-state index contributed by atoms with van der Waals surface area (Å²) in [5, 5.41) is 0. The average molecular weight is 272 g/mol. The zero-order chi connectivity index (χ0) is 14.6. The molecule has 5 nitrogen and oxygen atoms in total. The molecule has 0 saturated carbocycles. The van der Waals surface area contributed by atoms with E-state index < -0.39 is 29.3 Å². The Morgan fingerprint density at radius 2 is 1.74 bits per heavy atom. The van der Waals surface area contributed by atoms with Crippen LogP contribution in [0.5, 0.6) is 0 Å². The third kappa shape index (κ3) is 3.40. The summed E-state index contributed by atoms with van der Waals surface area (Å²) in [6, 6.07) is 3.30. The first kappa shape index (κ1) is 14.9. The van der Waals surface area contributed by atoms with Crippen molar-refractivity contribution in [3.63, 3.8) is 0 Å². The van der Waals surface area contributed by atoms with Crippen LogP contribution in [0.3, 0.4) is 0 Å². The summed E-state index contributed by atoms with van der Waals surface area (Å²) in [6.45, 7) is -0.350. The van der Waals surface area contributed by atoms with E-state index in [-0.39, 0.29) is 6.54 Å². The Labute approximate surface area is 109 Å². The number of carbonyl (C=O) groups is 2. The predicted molar refractivity (Wildman–Crippen MR) is 64.8 cm³/mol. The highest BCUT2D eigenvalue weighted by Gasteiger charge is 2.21. The monoisotopic (exact) mass is 272 g/mol. The highest BCUT2D eigenvalue weighted by molar-refractivity contribution is 5.95. The molecule has 7 heteroatoms. The van der Waals surface area contributed by atoms with Crippen molar-refractivity contribution in [2.45, 2.75) is 0 Å². The minimum absolute atomic E-state index is 0.350. The quantitative estimate of drug-likeness (QED) is 0.840. The molecule has 0 radical (unpaired) electrons. The Morgan fingerprint density at radius 1 is 1.21 bits per heavy atom. The number of para-hydroxylation sites is 1. The second-order valence-electron chi connectivity index (χ2n) is 3.85. The second kappa shape index (κ2) is 6.12. The van der Waals surface area contributed by atoms with E-state index in [0.29, 0.717) is 0 Å². The molecule has 19 heavy (non-hydrogen) atoms. The van der Waals surface area contributed by atoms with Crippen LogP contribution in [0, 0.1) is 11.6 Å². The third-order valence-corrected chi connectivity index (χ3v) is 2.51. The summed E-state index contributed by atoms with van der Waals surface area (Å²) >= 11 is 0. The van der Waals surface area contributed by atoms with Crippen molar-refractivity contribution in [1.29, 1.82) is 0 Å². The van der Waals surface area contributed by atoms with Crippen LogP contribution in [0.1, 0.15) is 0 Å². The molecule has 0 heterocycles. The van der Waals surface area contributed by atoms with E-state index in [1.54, 1.807) is 0 Å². The van der Waals surface area contributed by atoms with Gasteiger partial charge in [-0.25, -0.2) is 13.6 Å². The Hall–Kier alpha value is -2.18. The molecule has 0 aliphatic heterocycles. The second-order valence-corrected chi connectivity index (χ2v) is 3.85. The van der Waals surface area contributed by atoms with Crippen LogP contribution in [0.15, 0.2) is 18.2 Å². The number of likely N-dealkylation sites (N-methyl/N-ethyl adjacent to an activating group) is 2. The first-order chi connectivity index (χ1) is 8.88. The lowest BCUT2D eigenvalue weighted by Crippen LogP contribution is -2.40. The van der Waals surface area contributed by atoms with Crippen LogP contribution in [0.4, 0.5) is 19.3 Å². The molecule has 0 fully saturated rings. The fourth-order valence-electron chi connectivity index (χ4n) is 1.46. The molecular weight excluding hydrogens is 258 g/mol. The van der Waals surface area contributed by atoms with Crippen LogP contribution in [-0.2, 0) is 9.53 Å². The molecule has 0 aliphatic rings. The number of rotatable bonds is 3. The Kier molecular flexibility index (Phi) is 4.80. The molecule has 0 atom stereocenters. The van der Waals surface area contributed by atoms with Gasteiger partial charge in [-0.2, -0.15) is 0 Å². The Bertz CT molecular complexity index is 474. The van der Waals surface area contributed by atoms with Gasteiger partial charge in [0.2, 0.25) is 5.91 Å². The molecular formula is C12H14F2N2O3. The van der Waals surface area contributed by atoms with Gasteiger partial charge >= 0.3 is 6.09 Å². The largest absolute Gasteiger partial charge is 0.453 e. The van der Waals surface area contributed by atoms with Crippen molar-refractivity contribution in [3.8, 4) is 0 Å². The van der Waals surface area contributed by atoms with Gasteiger partial charge in [0, 0.05) is 14.1 Å². The third-order valence-electron chi connectivity index (χ3n) is 2.51. The fraction of sp³-hybridized carbons (Fsp3) is 0.333. The fourth-order valence-corrected chi connectivity index (χ4v) is 1.46. The summed E-state index contributed by atoms with van der Waals surface area (Å²) in [4.78, 5) is 24.8. The molecule has 0 unspecified atom stereocenters. The number of ether oxygens (including phenoxy) is 1. The molecule has 2 amide bonds. The van der Waals surface area contributed by atoms with E-state index in [1.165, 1.54) is 27.3 Å². The van der Waals surface area contributed by atoms with Gasteiger partial charge in [0.05, 0.1) is 7.11 Å². The number of hydrogen-bond donors (Lipinski definition) is 0. The number of nitrogens with zero attached hydrogens (tertiary/aromatic N) is 2. The molecule has 1 aromatic carbocycles. The molecule has 1 aromatic rings. The van der Waals surface area contributed by atoms with E-state index in [2.05, 4.69) is 4.74 Å². The van der Waals surface area contributed by atoms with Crippen LogP contribution in [0.25, 0.3) is 0 Å². The van der Waals surface area contributed by atoms with Crippen molar-refractivity contribution in [2.75, 3.05) is 32.6 Å². The predicted octanol–water partition coefficient (Wildman–Crippen LogP) is 1.63. The van der Waals surface area contributed by atoms with E-state index in [1.807, 2.05) is 0 Å². The SMILES string of the molecule is COC(=O)N(C)CC(=O)N(C)c1c(F)cccc1F. The minimum atomic E-state index is -0.850. The van der Waals surface area contributed by atoms with Gasteiger partial charge in [0.15, 0.2) is 0 Å². The Morgan fingerprint density at radius 3 is 2.21 bits per heavy atom. The summed E-state index contributed by atoms with van der Waals surface area (Å²) in [5.74, 6) is -2.34. The number of amides is 2. The number of hydrogen-bond acceptors (Lipinski definition) is 3. The number of carbonyl (C=O) groups excluding carboxylic acids is 2. The van der Waals surface area contributed by atoms with E-state index in [9.17, 15) is 18.4 Å². The van der Waals surface area contributed by atoms with Crippen LogP contribution < -0.4 is 4.90 Å². The molecule has 0 saturated heterocycles. The minimum Gasteiger partial charge on any atom is -0.453 e. The summed E-state index contributed by atoms with van der Waals surface area (Å²) in [6.07, 6.45) is -0.712. The number of anilines is 1. The van der Waals surface area contributed by atoms with Crippen molar-refractivity contribution in [3.05, 3.63) is 29.8 Å². The molecule has 0 N–H and O–H groups in total. The van der Waals surface area contributed by atoms with Crippen molar-refractivity contribution >= 4 is 17.7 Å². The first-order valence-corrected chi connectivity index (χ1v) is 5.38. The van der Waals surface area contributed by atoms with Gasteiger partial charge in [0.1, 0.15) is 23.9 Å². The van der Waals surface area contributed by atoms with Crippen LogP contribution in [-0.4, -0.2) is 44.7 Å². The van der Waals surface area contributed by atoms with Crippen LogP contribution in [0.2, 0.25) is 0 Å². The highest BCUT2D eigenvalue weighted by atomic mass is 19.1. The van der Waals surface area contributed by atoms with Gasteiger partial charge in [-0.1, -0.05) is 6.07 Å². The normalized spacial score (nSPS) is 9.95. The lowest BCUT2D eigenvalue weighted by atomic mass is 10.2. The van der Waals surface area contributed by atoms with Crippen molar-refractivity contribution in [2.24, 2.45) is 0 Å². The zero-order valence-corrected chi connectivity index (χ0v) is 10.8. The Balaban J connectivity index is 2.86. The van der Waals surface area contributed by atoms with Crippen molar-refractivity contribution < 1.29 is 23.1 Å². The maximum Gasteiger partial charge on any atom is 0.409 e. The average Bonchev–Trinajstić information content (AvgIpc) is 2.37. The van der Waals surface area contributed by atoms with Gasteiger partial charge in [-0.05, 0) is 12.1 Å². The standard InChI is InChI=1S/C12H14F2N2O3/c1-15(12(18)19-3)7-10(17)16(2)11-8(13)5-4-6-9(11)14/h4-6H,7H2,1-3H3. The van der Waals surface area contributed by atoms with Crippen molar-refractivity contribution in [1.82, 2.24) is 4.90 Å². The van der Waals surface area contributed by atoms with E-state index >= 15 is 0 Å². The van der Waals surface area contributed by atoms with Gasteiger partial charge in [-0.3, -0.25) is 4.79 Å². The maximum atomic E-state index is 13.5. The van der Waals surface area contributed by atoms with E-state index in [4.69, 9.17) is 0 Å². The summed E-state index contributed by atoms with van der Waals surface area (Å²) < 4.78 is 31.4.